The van der Waals surface area contributed by atoms with Crippen molar-refractivity contribution < 1.29 is 23.3 Å². The molecule has 0 spiro atoms. The average Bonchev–Trinajstić information content (AvgIpc) is 2.61. The van der Waals surface area contributed by atoms with Gasteiger partial charge in [0.05, 0.1) is 20.0 Å². The van der Waals surface area contributed by atoms with Gasteiger partial charge in [0.25, 0.3) is 5.91 Å². The monoisotopic (exact) mass is 376 g/mol. The Balaban J connectivity index is 2.19. The van der Waals surface area contributed by atoms with Gasteiger partial charge in [0, 0.05) is 22.1 Å². The van der Waals surface area contributed by atoms with Crippen LogP contribution in [0.1, 0.15) is 15.9 Å². The van der Waals surface area contributed by atoms with Crippen molar-refractivity contribution in [3.05, 3.63) is 53.6 Å². The average molecular weight is 376 g/mol. The Morgan fingerprint density at radius 3 is 2.42 bits per heavy atom. The first kappa shape index (κ1) is 19.5. The maximum atomic E-state index is 12.5. The molecule has 0 bridgehead atoms. The summed E-state index contributed by atoms with van der Waals surface area (Å²) in [6, 6.07) is 11.8. The number of amides is 2. The van der Waals surface area contributed by atoms with Crippen molar-refractivity contribution in [3.63, 3.8) is 0 Å². The molecule has 2 rings (SSSR count). The van der Waals surface area contributed by atoms with Crippen LogP contribution in [0.2, 0.25) is 0 Å². The molecule has 26 heavy (non-hydrogen) atoms. The highest BCUT2D eigenvalue weighted by Crippen LogP contribution is 2.28. The number of para-hydroxylation sites is 1. The van der Waals surface area contributed by atoms with E-state index in [1.165, 1.54) is 14.2 Å². The van der Waals surface area contributed by atoms with Gasteiger partial charge >= 0.3 is 0 Å². The van der Waals surface area contributed by atoms with Gasteiger partial charge in [-0.3, -0.25) is 13.8 Å². The second kappa shape index (κ2) is 9.00. The van der Waals surface area contributed by atoms with Crippen LogP contribution in [0.25, 0.3) is 0 Å². The van der Waals surface area contributed by atoms with Crippen LogP contribution in [-0.2, 0) is 21.3 Å². The zero-order valence-corrected chi connectivity index (χ0v) is 15.3. The van der Waals surface area contributed by atoms with E-state index in [0.29, 0.717) is 28.3 Å². The predicted molar refractivity (Wildman–Crippen MR) is 99.8 cm³/mol. The summed E-state index contributed by atoms with van der Waals surface area (Å²) in [6.45, 7) is 0. The second-order valence-electron chi connectivity index (χ2n) is 5.38. The zero-order valence-electron chi connectivity index (χ0n) is 14.5. The molecule has 0 saturated carbocycles. The van der Waals surface area contributed by atoms with Crippen LogP contribution in [-0.4, -0.2) is 36.0 Å². The van der Waals surface area contributed by atoms with E-state index in [-0.39, 0.29) is 17.4 Å². The molecule has 7 nitrogen and oxygen atoms in total. The highest BCUT2D eigenvalue weighted by Gasteiger charge is 2.14. The summed E-state index contributed by atoms with van der Waals surface area (Å²) in [5, 5.41) is 2.79. The normalized spacial score (nSPS) is 11.5. The Bertz CT molecular complexity index is 838. The number of primary amides is 1. The lowest BCUT2D eigenvalue weighted by molar-refractivity contribution is -0.115. The Labute approximate surface area is 153 Å². The van der Waals surface area contributed by atoms with Crippen molar-refractivity contribution in [1.82, 2.24) is 0 Å². The Hall–Kier alpha value is -2.87. The van der Waals surface area contributed by atoms with Crippen molar-refractivity contribution in [1.29, 1.82) is 0 Å². The fourth-order valence-electron chi connectivity index (χ4n) is 2.32. The molecule has 0 aliphatic heterocycles. The van der Waals surface area contributed by atoms with E-state index in [2.05, 4.69) is 5.32 Å². The molecule has 0 heterocycles. The third-order valence-corrected chi connectivity index (χ3v) is 4.77. The highest BCUT2D eigenvalue weighted by atomic mass is 32.2. The fraction of sp³-hybridized carbons (Fsp3) is 0.222. The van der Waals surface area contributed by atoms with Crippen LogP contribution >= 0.6 is 0 Å². The number of anilines is 1. The second-order valence-corrected chi connectivity index (χ2v) is 6.83. The molecule has 2 amide bonds. The minimum atomic E-state index is -1.44. The van der Waals surface area contributed by atoms with Gasteiger partial charge in [0.1, 0.15) is 5.75 Å². The van der Waals surface area contributed by atoms with Crippen molar-refractivity contribution in [3.8, 4) is 11.5 Å². The topological polar surface area (TPSA) is 108 Å². The Kier molecular flexibility index (Phi) is 6.74. The van der Waals surface area contributed by atoms with Crippen molar-refractivity contribution in [2.24, 2.45) is 5.73 Å². The number of hydrogen-bond donors (Lipinski definition) is 2. The van der Waals surface area contributed by atoms with E-state index in [4.69, 9.17) is 15.2 Å². The molecule has 0 aliphatic carbocycles. The molecule has 0 saturated heterocycles. The first-order valence-electron chi connectivity index (χ1n) is 7.69. The third kappa shape index (κ3) is 5.06. The Morgan fingerprint density at radius 1 is 1.08 bits per heavy atom. The SMILES string of the molecule is COc1ccc(C(=O)Nc2ccccc2CS(=O)CC(N)=O)cc1OC. The summed E-state index contributed by atoms with van der Waals surface area (Å²) in [4.78, 5) is 23.4. The lowest BCUT2D eigenvalue weighted by atomic mass is 10.1. The van der Waals surface area contributed by atoms with Crippen LogP contribution < -0.4 is 20.5 Å². The van der Waals surface area contributed by atoms with Crippen LogP contribution in [0.15, 0.2) is 42.5 Å². The standard InChI is InChI=1S/C18H20N2O5S/c1-24-15-8-7-12(9-16(15)25-2)18(22)20-14-6-4-3-5-13(14)10-26(23)11-17(19)21/h3-9H,10-11H2,1-2H3,(H2,19,21)(H,20,22). The number of nitrogens with one attached hydrogen (secondary N) is 1. The first-order chi connectivity index (χ1) is 12.4. The number of rotatable bonds is 8. The molecule has 0 fully saturated rings. The van der Waals surface area contributed by atoms with Gasteiger partial charge in [0.15, 0.2) is 11.5 Å². The van der Waals surface area contributed by atoms with Crippen molar-refractivity contribution in [2.75, 3.05) is 25.3 Å². The van der Waals surface area contributed by atoms with Crippen molar-refractivity contribution in [2.45, 2.75) is 5.75 Å². The summed E-state index contributed by atoms with van der Waals surface area (Å²) in [6.07, 6.45) is 0. The van der Waals surface area contributed by atoms with E-state index in [0.717, 1.165) is 0 Å². The van der Waals surface area contributed by atoms with E-state index in [1.54, 1.807) is 42.5 Å². The lowest BCUT2D eigenvalue weighted by Gasteiger charge is -2.12. The Morgan fingerprint density at radius 2 is 1.77 bits per heavy atom. The first-order valence-corrected chi connectivity index (χ1v) is 9.18. The number of nitrogens with two attached hydrogens (primary N) is 1. The summed E-state index contributed by atoms with van der Waals surface area (Å²) in [5.74, 6) is -0.125. The fourth-order valence-corrected chi connectivity index (χ4v) is 3.34. The van der Waals surface area contributed by atoms with Gasteiger partial charge in [-0.05, 0) is 29.8 Å². The smallest absolute Gasteiger partial charge is 0.255 e. The third-order valence-electron chi connectivity index (χ3n) is 3.53. The summed E-state index contributed by atoms with van der Waals surface area (Å²) >= 11 is 0. The van der Waals surface area contributed by atoms with E-state index < -0.39 is 16.7 Å². The van der Waals surface area contributed by atoms with E-state index in [9.17, 15) is 13.8 Å². The molecule has 0 aromatic heterocycles. The van der Waals surface area contributed by atoms with Gasteiger partial charge in [-0.15, -0.1) is 0 Å². The van der Waals surface area contributed by atoms with E-state index in [1.807, 2.05) is 0 Å². The van der Waals surface area contributed by atoms with Gasteiger partial charge in [0.2, 0.25) is 5.91 Å². The van der Waals surface area contributed by atoms with Crippen LogP contribution in [0, 0.1) is 0 Å². The highest BCUT2D eigenvalue weighted by molar-refractivity contribution is 7.84. The molecule has 2 aromatic rings. The molecular formula is C18H20N2O5S. The van der Waals surface area contributed by atoms with Crippen LogP contribution in [0.5, 0.6) is 11.5 Å². The molecule has 1 atom stereocenters. The maximum Gasteiger partial charge on any atom is 0.255 e. The summed E-state index contributed by atoms with van der Waals surface area (Å²) in [7, 11) is 1.56. The van der Waals surface area contributed by atoms with Gasteiger partial charge < -0.3 is 20.5 Å². The minimum absolute atomic E-state index is 0.116. The summed E-state index contributed by atoms with van der Waals surface area (Å²) < 4.78 is 22.3. The molecule has 0 radical (unpaired) electrons. The number of ether oxygens (including phenoxy) is 2. The summed E-state index contributed by atoms with van der Waals surface area (Å²) in [5.41, 5.74) is 6.63. The largest absolute Gasteiger partial charge is 0.493 e. The molecule has 0 aliphatic rings. The lowest BCUT2D eigenvalue weighted by Crippen LogP contribution is -2.20. The number of methoxy groups -OCH3 is 2. The zero-order chi connectivity index (χ0) is 19.1. The molecule has 138 valence electrons. The van der Waals surface area contributed by atoms with Gasteiger partial charge in [-0.1, -0.05) is 18.2 Å². The van der Waals surface area contributed by atoms with Crippen LogP contribution in [0.4, 0.5) is 5.69 Å². The maximum absolute atomic E-state index is 12.5. The predicted octanol–water partition coefficient (Wildman–Crippen LogP) is 1.69. The van der Waals surface area contributed by atoms with Gasteiger partial charge in [-0.2, -0.15) is 0 Å². The molecule has 8 heteroatoms. The molecule has 1 unspecified atom stereocenters. The minimum Gasteiger partial charge on any atom is -0.493 e. The van der Waals surface area contributed by atoms with Gasteiger partial charge in [-0.25, -0.2) is 0 Å². The molecule has 3 N–H and O–H groups in total. The number of carbonyl (C=O) groups is 2. The number of carbonyl (C=O) groups excluding carboxylic acids is 2. The van der Waals surface area contributed by atoms with E-state index >= 15 is 0 Å². The number of benzene rings is 2. The molecular weight excluding hydrogens is 356 g/mol. The number of hydrogen-bond acceptors (Lipinski definition) is 5. The quantitative estimate of drug-likeness (QED) is 0.729. The van der Waals surface area contributed by atoms with Crippen molar-refractivity contribution >= 4 is 28.3 Å². The molecule has 2 aromatic carbocycles. The van der Waals surface area contributed by atoms with Crippen LogP contribution in [0.3, 0.4) is 0 Å².